The first-order valence-corrected chi connectivity index (χ1v) is 6.09. The standard InChI is InChI=1S/C13H17NO3.ClH/c14-11(12(15)8-3-1-4-8)9-5-2-6-10-13(9)17-7-16-10;/h2,5-6,8,11-12,15H,1,3-4,7,14H2;1H/t11-,12+;/m0./s1. The second-order valence-corrected chi connectivity index (χ2v) is 4.79. The highest BCUT2D eigenvalue weighted by Gasteiger charge is 2.33. The number of rotatable bonds is 3. The highest BCUT2D eigenvalue weighted by atomic mass is 35.5. The monoisotopic (exact) mass is 271 g/mol. The Kier molecular flexibility index (Phi) is 4.00. The van der Waals surface area contributed by atoms with E-state index in [1.54, 1.807) is 0 Å². The Balaban J connectivity index is 0.00000120. The number of fused-ring (bicyclic) bond motifs is 1. The summed E-state index contributed by atoms with van der Waals surface area (Å²) in [6.07, 6.45) is 2.85. The molecule has 3 N–H and O–H groups in total. The van der Waals surface area contributed by atoms with E-state index in [0.717, 1.165) is 24.2 Å². The molecule has 0 saturated heterocycles. The predicted molar refractivity (Wildman–Crippen MR) is 70.1 cm³/mol. The average Bonchev–Trinajstić information content (AvgIpc) is 2.73. The van der Waals surface area contributed by atoms with E-state index in [0.29, 0.717) is 11.7 Å². The molecular weight excluding hydrogens is 254 g/mol. The molecule has 2 aliphatic rings. The Labute approximate surface area is 112 Å². The van der Waals surface area contributed by atoms with Crippen molar-refractivity contribution in [1.29, 1.82) is 0 Å². The highest BCUT2D eigenvalue weighted by Crippen LogP contribution is 2.41. The van der Waals surface area contributed by atoms with E-state index in [4.69, 9.17) is 15.2 Å². The normalized spacial score (nSPS) is 20.8. The van der Waals surface area contributed by atoms with Gasteiger partial charge in [0, 0.05) is 5.56 Å². The molecule has 0 radical (unpaired) electrons. The minimum absolute atomic E-state index is 0. The fourth-order valence-electron chi connectivity index (χ4n) is 2.47. The van der Waals surface area contributed by atoms with Crippen molar-refractivity contribution < 1.29 is 14.6 Å². The lowest BCUT2D eigenvalue weighted by Gasteiger charge is -2.34. The Bertz CT molecular complexity index is 423. The van der Waals surface area contributed by atoms with E-state index >= 15 is 0 Å². The molecule has 0 spiro atoms. The maximum atomic E-state index is 10.2. The van der Waals surface area contributed by atoms with Crippen molar-refractivity contribution in [2.75, 3.05) is 6.79 Å². The van der Waals surface area contributed by atoms with Crippen LogP contribution in [0.5, 0.6) is 11.5 Å². The topological polar surface area (TPSA) is 64.7 Å². The van der Waals surface area contributed by atoms with Crippen molar-refractivity contribution in [1.82, 2.24) is 0 Å². The zero-order chi connectivity index (χ0) is 11.8. The summed E-state index contributed by atoms with van der Waals surface area (Å²) in [7, 11) is 0. The van der Waals surface area contributed by atoms with E-state index in [9.17, 15) is 5.11 Å². The second kappa shape index (κ2) is 5.34. The van der Waals surface area contributed by atoms with Gasteiger partial charge < -0.3 is 20.3 Å². The van der Waals surface area contributed by atoms with Crippen LogP contribution >= 0.6 is 12.4 Å². The Morgan fingerprint density at radius 3 is 2.72 bits per heavy atom. The number of aliphatic hydroxyl groups excluding tert-OH is 1. The molecule has 18 heavy (non-hydrogen) atoms. The van der Waals surface area contributed by atoms with Gasteiger partial charge in [-0.05, 0) is 24.8 Å². The Morgan fingerprint density at radius 2 is 2.06 bits per heavy atom. The molecule has 5 heteroatoms. The minimum Gasteiger partial charge on any atom is -0.454 e. The summed E-state index contributed by atoms with van der Waals surface area (Å²) in [6, 6.07) is 5.25. The van der Waals surface area contributed by atoms with Gasteiger partial charge in [-0.2, -0.15) is 0 Å². The van der Waals surface area contributed by atoms with Crippen LogP contribution in [0, 0.1) is 5.92 Å². The third kappa shape index (κ3) is 2.16. The van der Waals surface area contributed by atoms with Crippen LogP contribution in [-0.2, 0) is 0 Å². The zero-order valence-corrected chi connectivity index (χ0v) is 10.9. The van der Waals surface area contributed by atoms with Gasteiger partial charge in [0.2, 0.25) is 6.79 Å². The van der Waals surface area contributed by atoms with Crippen LogP contribution in [-0.4, -0.2) is 18.0 Å². The first-order chi connectivity index (χ1) is 8.27. The number of aliphatic hydroxyl groups is 1. The average molecular weight is 272 g/mol. The van der Waals surface area contributed by atoms with Crippen molar-refractivity contribution in [2.24, 2.45) is 11.7 Å². The van der Waals surface area contributed by atoms with Crippen LogP contribution in [0.3, 0.4) is 0 Å². The van der Waals surface area contributed by atoms with E-state index in [1.807, 2.05) is 18.2 Å². The molecule has 3 rings (SSSR count). The molecule has 0 amide bonds. The molecule has 0 unspecified atom stereocenters. The summed E-state index contributed by atoms with van der Waals surface area (Å²) >= 11 is 0. The zero-order valence-electron chi connectivity index (χ0n) is 10.0. The van der Waals surface area contributed by atoms with Gasteiger partial charge in [0.15, 0.2) is 11.5 Å². The maximum Gasteiger partial charge on any atom is 0.231 e. The van der Waals surface area contributed by atoms with Crippen LogP contribution in [0.1, 0.15) is 30.9 Å². The molecule has 1 heterocycles. The molecular formula is C13H18ClNO3. The van der Waals surface area contributed by atoms with Crippen molar-refractivity contribution >= 4 is 12.4 Å². The van der Waals surface area contributed by atoms with Crippen LogP contribution in [0.2, 0.25) is 0 Å². The van der Waals surface area contributed by atoms with Crippen LogP contribution in [0.25, 0.3) is 0 Å². The summed E-state index contributed by atoms with van der Waals surface area (Å²) in [4.78, 5) is 0. The highest BCUT2D eigenvalue weighted by molar-refractivity contribution is 5.85. The van der Waals surface area contributed by atoms with Gasteiger partial charge in [-0.3, -0.25) is 0 Å². The summed E-state index contributed by atoms with van der Waals surface area (Å²) in [6.45, 7) is 0.235. The van der Waals surface area contributed by atoms with E-state index < -0.39 is 12.1 Å². The number of hydrogen-bond acceptors (Lipinski definition) is 4. The predicted octanol–water partition coefficient (Wildman–Crippen LogP) is 2.00. The number of para-hydroxylation sites is 1. The second-order valence-electron chi connectivity index (χ2n) is 4.79. The molecule has 1 saturated carbocycles. The summed E-state index contributed by atoms with van der Waals surface area (Å²) in [5.41, 5.74) is 6.98. The Hall–Kier alpha value is -0.970. The smallest absolute Gasteiger partial charge is 0.231 e. The van der Waals surface area contributed by atoms with Gasteiger partial charge in [-0.1, -0.05) is 18.6 Å². The van der Waals surface area contributed by atoms with Gasteiger partial charge >= 0.3 is 0 Å². The van der Waals surface area contributed by atoms with Crippen molar-refractivity contribution in [3.05, 3.63) is 23.8 Å². The van der Waals surface area contributed by atoms with Gasteiger partial charge in [0.05, 0.1) is 12.1 Å². The number of ether oxygens (including phenoxy) is 2. The fraction of sp³-hybridized carbons (Fsp3) is 0.538. The van der Waals surface area contributed by atoms with Crippen molar-refractivity contribution in [3.63, 3.8) is 0 Å². The van der Waals surface area contributed by atoms with Crippen LogP contribution < -0.4 is 15.2 Å². The fourth-order valence-corrected chi connectivity index (χ4v) is 2.47. The van der Waals surface area contributed by atoms with Crippen LogP contribution in [0.4, 0.5) is 0 Å². The molecule has 1 aromatic rings. The third-order valence-electron chi connectivity index (χ3n) is 3.79. The van der Waals surface area contributed by atoms with Gasteiger partial charge in [0.25, 0.3) is 0 Å². The largest absolute Gasteiger partial charge is 0.454 e. The van der Waals surface area contributed by atoms with Crippen molar-refractivity contribution in [2.45, 2.75) is 31.4 Å². The lowest BCUT2D eigenvalue weighted by Crippen LogP contribution is -2.36. The summed E-state index contributed by atoms with van der Waals surface area (Å²) in [5, 5.41) is 10.2. The minimum atomic E-state index is -0.487. The molecule has 2 atom stereocenters. The number of halogens is 1. The third-order valence-corrected chi connectivity index (χ3v) is 3.79. The van der Waals surface area contributed by atoms with E-state index in [1.165, 1.54) is 6.42 Å². The lowest BCUT2D eigenvalue weighted by atomic mass is 9.77. The molecule has 1 aromatic carbocycles. The lowest BCUT2D eigenvalue weighted by molar-refractivity contribution is 0.0406. The molecule has 1 fully saturated rings. The number of hydrogen-bond donors (Lipinski definition) is 2. The maximum absolute atomic E-state index is 10.2. The first-order valence-electron chi connectivity index (χ1n) is 6.09. The molecule has 1 aliphatic carbocycles. The van der Waals surface area contributed by atoms with Gasteiger partial charge in [-0.15, -0.1) is 12.4 Å². The van der Waals surface area contributed by atoms with E-state index in [2.05, 4.69) is 0 Å². The van der Waals surface area contributed by atoms with Gasteiger partial charge in [0.1, 0.15) is 0 Å². The number of benzene rings is 1. The summed E-state index contributed by atoms with van der Waals surface area (Å²) < 4.78 is 10.7. The SMILES string of the molecule is Cl.N[C@@H](c1cccc2c1OCO2)[C@H](O)C1CCC1. The molecule has 100 valence electrons. The molecule has 0 aromatic heterocycles. The Morgan fingerprint density at radius 1 is 1.28 bits per heavy atom. The molecule has 1 aliphatic heterocycles. The first kappa shape index (κ1) is 13.5. The van der Waals surface area contributed by atoms with Crippen LogP contribution in [0.15, 0.2) is 18.2 Å². The molecule has 4 nitrogen and oxygen atoms in total. The quantitative estimate of drug-likeness (QED) is 0.883. The molecule has 0 bridgehead atoms. The van der Waals surface area contributed by atoms with Crippen molar-refractivity contribution in [3.8, 4) is 11.5 Å². The number of nitrogens with two attached hydrogens (primary N) is 1. The summed E-state index contributed by atoms with van der Waals surface area (Å²) in [5.74, 6) is 1.75. The van der Waals surface area contributed by atoms with E-state index in [-0.39, 0.29) is 19.2 Å². The van der Waals surface area contributed by atoms with Gasteiger partial charge in [-0.25, -0.2) is 0 Å².